The molecule has 0 aromatic heterocycles. The number of hydrogen-bond donors (Lipinski definition) is 0. The van der Waals surface area contributed by atoms with Crippen LogP contribution in [-0.4, -0.2) is 33.1 Å². The van der Waals surface area contributed by atoms with Crippen molar-refractivity contribution in [2.45, 2.75) is 59.6 Å². The van der Waals surface area contributed by atoms with Gasteiger partial charge in [0.15, 0.2) is 34.6 Å². The zero-order valence-electron chi connectivity index (χ0n) is 58.3. The maximum Gasteiger partial charge on any atom is 0.343 e. The molecule has 17 rings (SSSR count). The van der Waals surface area contributed by atoms with Crippen LogP contribution in [0.1, 0.15) is 109 Å². The Morgan fingerprint density at radius 3 is 1.13 bits per heavy atom. The average molecular weight is 1420 g/mol. The maximum atomic E-state index is 13.2. The fraction of sp³-hybridized carbons (Fsp3) is 0.141. The highest BCUT2D eigenvalue weighted by Crippen LogP contribution is 2.65. The molecule has 4 saturated carbocycles. The molecule has 5 aliphatic rings. The molecule has 0 heterocycles. The van der Waals surface area contributed by atoms with Crippen molar-refractivity contribution < 1.29 is 61.3 Å². The predicted octanol–water partition coefficient (Wildman–Crippen LogP) is 21.1. The van der Waals surface area contributed by atoms with Gasteiger partial charge in [-0.3, -0.25) is 29.1 Å². The van der Waals surface area contributed by atoms with Crippen molar-refractivity contribution in [2.75, 3.05) is 7.11 Å². The number of esters is 1. The summed E-state index contributed by atoms with van der Waals surface area (Å²) in [6.45, 7) is 8.76. The predicted molar refractivity (Wildman–Crippen MR) is 407 cm³/mol. The first-order chi connectivity index (χ1) is 51.7. The smallest absolute Gasteiger partial charge is 0.343 e. The van der Waals surface area contributed by atoms with Crippen LogP contribution in [-0.2, 0) is 20.7 Å². The molecule has 106 heavy (non-hydrogen) atoms. The van der Waals surface area contributed by atoms with E-state index in [4.69, 9.17) is 38.5 Å². The first-order valence-electron chi connectivity index (χ1n) is 35.3. The summed E-state index contributed by atoms with van der Waals surface area (Å²) in [4.78, 5) is 59.3. The number of Topliss-reactive ketones (excluding diaryl/α,β-unsaturated/α-hetero) is 1. The number of ether oxygens (including phenoxy) is 4. The second-order valence-electron chi connectivity index (χ2n) is 27.2. The molecule has 0 N–H and O–H groups in total. The van der Waals surface area contributed by atoms with Crippen molar-refractivity contribution in [1.29, 1.82) is 0 Å². The highest BCUT2D eigenvalue weighted by atomic mass is 32.2. The van der Waals surface area contributed by atoms with Gasteiger partial charge in [-0.1, -0.05) is 128 Å². The lowest BCUT2D eigenvalue weighted by atomic mass is 9.42. The zero-order chi connectivity index (χ0) is 72.9. The summed E-state index contributed by atoms with van der Waals surface area (Å²) < 4.78 is 48.9. The molecular weight excluding hydrogens is 1350 g/mol. The van der Waals surface area contributed by atoms with Gasteiger partial charge in [-0.25, -0.2) is 13.2 Å². The maximum absolute atomic E-state index is 13.2. The molecular formula is C92H74O13S. The van der Waals surface area contributed by atoms with E-state index in [1.807, 2.05) is 42.5 Å². The van der Waals surface area contributed by atoms with E-state index >= 15 is 0 Å². The Labute approximate surface area is 616 Å². The van der Waals surface area contributed by atoms with Crippen LogP contribution in [0.4, 0.5) is 0 Å². The summed E-state index contributed by atoms with van der Waals surface area (Å²) >= 11 is 0. The molecule has 526 valence electrons. The minimum Gasteiger partial charge on any atom is -0.497 e. The molecule has 12 aromatic carbocycles. The first-order valence-corrected chi connectivity index (χ1v) is 36.7. The van der Waals surface area contributed by atoms with Gasteiger partial charge in [-0.2, -0.15) is 0 Å². The van der Waals surface area contributed by atoms with Crippen molar-refractivity contribution in [3.05, 3.63) is 366 Å². The SMILES string of the molecule is C=CC(=O)c1ccc(OC(=O)c2ccc(Oc3ccc(S(=O)(=O)c4ccc(Oc5ccc(C(C)=O)cc5)cc4)cc3)cc2)cc1.C=Cc1ccc(OOc2ccc(C3(c4ccc(OOc5ccc(C6(c7ccc(OC)cc7)c7ccccc7-c7ccccc76)cc5)cc4)C4CC5CC(C4)CC3C5)cc2)cc1. The molecule has 12 aromatic rings. The Morgan fingerprint density at radius 2 is 0.736 bits per heavy atom. The van der Waals surface area contributed by atoms with Gasteiger partial charge in [-0.05, 0) is 301 Å². The van der Waals surface area contributed by atoms with Crippen LogP contribution in [0.15, 0.2) is 320 Å². The number of benzene rings is 12. The van der Waals surface area contributed by atoms with E-state index < -0.39 is 21.2 Å². The number of carbonyl (C=O) groups is 3. The van der Waals surface area contributed by atoms with Gasteiger partial charge in [-0.15, -0.1) is 0 Å². The van der Waals surface area contributed by atoms with Crippen LogP contribution in [0, 0.1) is 23.7 Å². The number of hydrogen-bond acceptors (Lipinski definition) is 13. The highest BCUT2D eigenvalue weighted by molar-refractivity contribution is 7.91. The standard InChI is InChI=1S/C56H48O5.C36H26O8S/c1-3-37-12-22-47(23-13-37)58-59-48-26-16-40(17-27-48)55(44-33-38-32-39(35-44)36-45(55)34-38)41-18-28-49(29-19-41)60-61-50-30-20-43(21-31-50)56(42-14-24-46(57-2)25-15-42)53-10-6-4-8-51(53)52-9-5-7-11-54(52)56;1-3-35(38)26-6-12-32(13-7-26)44-36(39)27-8-14-29(15-9-27)43-31-18-22-34(23-19-31)45(40,41)33-20-16-30(17-21-33)42-28-10-4-25(5-11-28)24(2)37/h3-31,38-39,44-45H,1,32-36H2,2H3;3-23H,1H2,2H3. The Balaban J connectivity index is 0.000000179. The molecule has 0 saturated heterocycles. The van der Waals surface area contributed by atoms with Crippen LogP contribution in [0.5, 0.6) is 57.5 Å². The van der Waals surface area contributed by atoms with Gasteiger partial charge >= 0.3 is 5.97 Å². The molecule has 4 bridgehead atoms. The van der Waals surface area contributed by atoms with Crippen LogP contribution in [0.3, 0.4) is 0 Å². The number of methoxy groups -OCH3 is 1. The van der Waals surface area contributed by atoms with E-state index in [2.05, 4.69) is 147 Å². The summed E-state index contributed by atoms with van der Waals surface area (Å²) in [6, 6.07) is 90.5. The number of ketones is 2. The zero-order valence-corrected chi connectivity index (χ0v) is 59.2. The third-order valence-corrected chi connectivity index (χ3v) is 22.8. The van der Waals surface area contributed by atoms with E-state index in [0.717, 1.165) is 28.7 Å². The van der Waals surface area contributed by atoms with Crippen LogP contribution in [0.2, 0.25) is 0 Å². The molecule has 13 nitrogen and oxygen atoms in total. The molecule has 14 heteroatoms. The number of rotatable bonds is 23. The molecule has 0 radical (unpaired) electrons. The number of sulfone groups is 1. The summed E-state index contributed by atoms with van der Waals surface area (Å²) in [5.41, 5.74) is 11.8. The summed E-state index contributed by atoms with van der Waals surface area (Å²) in [6.07, 6.45) is 9.54. The van der Waals surface area contributed by atoms with Gasteiger partial charge in [0.2, 0.25) is 9.84 Å². The first kappa shape index (κ1) is 69.2. The molecule has 0 atom stereocenters. The van der Waals surface area contributed by atoms with E-state index in [-0.39, 0.29) is 38.1 Å². The normalized spacial score (nSPS) is 17.5. The van der Waals surface area contributed by atoms with Gasteiger partial charge in [0.25, 0.3) is 0 Å². The Bertz CT molecular complexity index is 5240. The largest absolute Gasteiger partial charge is 0.497 e. The summed E-state index contributed by atoms with van der Waals surface area (Å²) in [7, 11) is -2.10. The Hall–Kier alpha value is -12.5. The van der Waals surface area contributed by atoms with E-state index in [1.165, 1.54) is 133 Å². The summed E-state index contributed by atoms with van der Waals surface area (Å²) in [5.74, 6) is 7.56. The van der Waals surface area contributed by atoms with Gasteiger partial charge in [0.1, 0.15) is 34.5 Å². The second-order valence-corrected chi connectivity index (χ2v) is 29.1. The van der Waals surface area contributed by atoms with Gasteiger partial charge in [0.05, 0.1) is 27.9 Å². The molecule has 0 spiro atoms. The minimum atomic E-state index is -3.80. The lowest BCUT2D eigenvalue weighted by molar-refractivity contribution is -0.100. The quantitative estimate of drug-likeness (QED) is 0.0149. The van der Waals surface area contributed by atoms with Gasteiger partial charge in [0, 0.05) is 16.5 Å². The third-order valence-electron chi connectivity index (χ3n) is 21.1. The fourth-order valence-corrected chi connectivity index (χ4v) is 17.5. The second kappa shape index (κ2) is 29.7. The van der Waals surface area contributed by atoms with E-state index in [0.29, 0.717) is 69.0 Å². The van der Waals surface area contributed by atoms with Crippen molar-refractivity contribution in [1.82, 2.24) is 0 Å². The topological polar surface area (TPSA) is 159 Å². The van der Waals surface area contributed by atoms with Crippen LogP contribution < -0.4 is 38.5 Å². The lowest BCUT2D eigenvalue weighted by Crippen LogP contribution is -2.56. The van der Waals surface area contributed by atoms with Crippen LogP contribution in [0.25, 0.3) is 17.2 Å². The van der Waals surface area contributed by atoms with Crippen molar-refractivity contribution >= 4 is 33.4 Å². The molecule has 4 fully saturated rings. The van der Waals surface area contributed by atoms with E-state index in [1.54, 1.807) is 79.9 Å². The number of carbonyl (C=O) groups excluding carboxylic acids is 3. The Kier molecular flexibility index (Phi) is 19.4. The summed E-state index contributed by atoms with van der Waals surface area (Å²) in [5, 5.41) is 0. The third kappa shape index (κ3) is 13.7. The van der Waals surface area contributed by atoms with Crippen LogP contribution >= 0.6 is 0 Å². The lowest BCUT2D eigenvalue weighted by Gasteiger charge is -2.62. The minimum absolute atomic E-state index is 0.0474. The highest BCUT2D eigenvalue weighted by Gasteiger charge is 2.58. The van der Waals surface area contributed by atoms with Crippen molar-refractivity contribution in [2.24, 2.45) is 23.7 Å². The number of fused-ring (bicyclic) bond motifs is 3. The van der Waals surface area contributed by atoms with Crippen molar-refractivity contribution in [3.63, 3.8) is 0 Å². The molecule has 0 unspecified atom stereocenters. The van der Waals surface area contributed by atoms with Gasteiger partial charge < -0.3 is 18.9 Å². The van der Waals surface area contributed by atoms with E-state index in [9.17, 15) is 22.8 Å². The average Bonchev–Trinajstić information content (AvgIpc) is 1.33. The molecule has 0 amide bonds. The molecule has 5 aliphatic carbocycles. The monoisotopic (exact) mass is 1420 g/mol. The van der Waals surface area contributed by atoms with Crippen molar-refractivity contribution in [3.8, 4) is 68.6 Å². The number of allylic oxidation sites excluding steroid dienone is 1. The fourth-order valence-electron chi connectivity index (χ4n) is 16.3. The Morgan fingerprint density at radius 1 is 0.387 bits per heavy atom. The molecule has 0 aliphatic heterocycles.